The van der Waals surface area contributed by atoms with Gasteiger partial charge in [-0.25, -0.2) is 0 Å². The minimum absolute atomic E-state index is 0.0196. The highest BCUT2D eigenvalue weighted by atomic mass is 19.4. The number of carbonyl (C=O) groups excluding carboxylic acids is 2. The Balaban J connectivity index is 1.18. The molecule has 1 saturated carbocycles. The first-order chi connectivity index (χ1) is 22.5. The lowest BCUT2D eigenvalue weighted by Crippen LogP contribution is -2.34. The highest BCUT2D eigenvalue weighted by Gasteiger charge is 2.46. The molecule has 0 radical (unpaired) electrons. The zero-order chi connectivity index (χ0) is 33.1. The van der Waals surface area contributed by atoms with Crippen LogP contribution < -0.4 is 4.90 Å². The van der Waals surface area contributed by atoms with Gasteiger partial charge in [0, 0.05) is 55.3 Å². The van der Waals surface area contributed by atoms with Crippen molar-refractivity contribution in [1.82, 2.24) is 24.6 Å². The molecule has 0 unspecified atom stereocenters. The molecule has 7 rings (SSSR count). The highest BCUT2D eigenvalue weighted by Crippen LogP contribution is 2.46. The average Bonchev–Trinajstić information content (AvgIpc) is 3.90. The molecule has 3 fully saturated rings. The maximum atomic E-state index is 14.6. The molecule has 2 amide bonds. The Morgan fingerprint density at radius 2 is 1.85 bits per heavy atom. The van der Waals surface area contributed by atoms with Crippen molar-refractivity contribution >= 4 is 17.5 Å². The van der Waals surface area contributed by atoms with Crippen LogP contribution in [0.2, 0.25) is 0 Å². The molecule has 1 spiro atoms. The summed E-state index contributed by atoms with van der Waals surface area (Å²) in [5.41, 5.74) is 1.37. The summed E-state index contributed by atoms with van der Waals surface area (Å²) in [6.45, 7) is 8.08. The summed E-state index contributed by atoms with van der Waals surface area (Å²) in [5, 5.41) is 8.55. The van der Waals surface area contributed by atoms with Gasteiger partial charge in [-0.05, 0) is 92.1 Å². The van der Waals surface area contributed by atoms with Gasteiger partial charge in [-0.3, -0.25) is 14.5 Å². The maximum absolute atomic E-state index is 14.6. The molecule has 8 nitrogen and oxygen atoms in total. The first-order valence-electron chi connectivity index (χ1n) is 16.6. The number of anilines is 1. The topological polar surface area (TPSA) is 74.6 Å². The van der Waals surface area contributed by atoms with Gasteiger partial charge in [-0.1, -0.05) is 31.6 Å². The fourth-order valence-corrected chi connectivity index (χ4v) is 8.61. The van der Waals surface area contributed by atoms with Crippen LogP contribution in [0.1, 0.15) is 95.8 Å². The van der Waals surface area contributed by atoms with E-state index in [0.29, 0.717) is 36.8 Å². The van der Waals surface area contributed by atoms with Gasteiger partial charge < -0.3 is 14.4 Å². The van der Waals surface area contributed by atoms with Crippen LogP contribution in [0.4, 0.5) is 18.9 Å². The Labute approximate surface area is 273 Å². The van der Waals surface area contributed by atoms with Crippen LogP contribution in [0.5, 0.6) is 0 Å². The molecule has 3 atom stereocenters. The van der Waals surface area contributed by atoms with E-state index in [-0.39, 0.29) is 41.0 Å². The number of aromatic nitrogens is 3. The van der Waals surface area contributed by atoms with Crippen LogP contribution in [0.25, 0.3) is 0 Å². The molecule has 4 heterocycles. The molecule has 11 heteroatoms. The molecule has 4 aliphatic rings. The number of carbonyl (C=O) groups is 2. The summed E-state index contributed by atoms with van der Waals surface area (Å²) in [7, 11) is 1.92. The Morgan fingerprint density at radius 3 is 2.55 bits per heavy atom. The van der Waals surface area contributed by atoms with Gasteiger partial charge in [-0.15, -0.1) is 10.2 Å². The first kappa shape index (κ1) is 31.6. The number of aryl methyl sites for hydroxylation is 1. The van der Waals surface area contributed by atoms with Gasteiger partial charge in [0.05, 0.1) is 12.1 Å². The molecule has 47 heavy (non-hydrogen) atoms. The fourth-order valence-electron chi connectivity index (χ4n) is 8.61. The van der Waals surface area contributed by atoms with Crippen molar-refractivity contribution < 1.29 is 22.8 Å². The Hall–Kier alpha value is -3.99. The van der Waals surface area contributed by atoms with Gasteiger partial charge >= 0.3 is 6.18 Å². The third-order valence-electron chi connectivity index (χ3n) is 11.2. The summed E-state index contributed by atoms with van der Waals surface area (Å²) in [5.74, 6) is 0.705. The number of amides is 2. The van der Waals surface area contributed by atoms with E-state index in [2.05, 4.69) is 21.7 Å². The maximum Gasteiger partial charge on any atom is 0.416 e. The summed E-state index contributed by atoms with van der Waals surface area (Å²) >= 11 is 0. The minimum atomic E-state index is -4.61. The van der Waals surface area contributed by atoms with Gasteiger partial charge in [-0.2, -0.15) is 13.2 Å². The van der Waals surface area contributed by atoms with E-state index in [0.717, 1.165) is 56.5 Å². The fraction of sp³-hybridized carbons (Fsp3) is 0.500. The van der Waals surface area contributed by atoms with Crippen molar-refractivity contribution in [3.63, 3.8) is 0 Å². The first-order valence-corrected chi connectivity index (χ1v) is 16.6. The van der Waals surface area contributed by atoms with Gasteiger partial charge in [0.2, 0.25) is 5.91 Å². The van der Waals surface area contributed by atoms with Crippen LogP contribution >= 0.6 is 0 Å². The lowest BCUT2D eigenvalue weighted by molar-refractivity contribution is -0.138. The number of hydrogen-bond donors (Lipinski definition) is 0. The molecular weight excluding hydrogens is 605 g/mol. The number of alkyl halides is 3. The second-order valence-corrected chi connectivity index (χ2v) is 14.0. The zero-order valence-electron chi connectivity index (χ0n) is 27.0. The summed E-state index contributed by atoms with van der Waals surface area (Å²) in [4.78, 5) is 31.7. The lowest BCUT2D eigenvalue weighted by Gasteiger charge is -2.29. The number of halogens is 3. The number of hydrogen-bond acceptors (Lipinski definition) is 5. The Morgan fingerprint density at radius 1 is 1.09 bits per heavy atom. The van der Waals surface area contributed by atoms with Crippen molar-refractivity contribution in [2.45, 2.75) is 70.1 Å². The van der Waals surface area contributed by atoms with Crippen molar-refractivity contribution in [3.05, 3.63) is 89.0 Å². The van der Waals surface area contributed by atoms with Crippen LogP contribution in [0.15, 0.2) is 55.4 Å². The molecule has 1 aromatic heterocycles. The second kappa shape index (κ2) is 11.9. The van der Waals surface area contributed by atoms with Crippen molar-refractivity contribution in [1.29, 1.82) is 0 Å². The molecule has 0 N–H and O–H groups in total. The number of benzene rings is 2. The van der Waals surface area contributed by atoms with Crippen molar-refractivity contribution in [2.24, 2.45) is 18.4 Å². The monoisotopic (exact) mass is 646 g/mol. The third-order valence-corrected chi connectivity index (χ3v) is 11.2. The number of nitrogens with zero attached hydrogens (tertiary/aromatic N) is 6. The van der Waals surface area contributed by atoms with E-state index in [4.69, 9.17) is 0 Å². The number of fused-ring (bicyclic) bond motifs is 1. The van der Waals surface area contributed by atoms with E-state index >= 15 is 0 Å². The van der Waals surface area contributed by atoms with Crippen molar-refractivity contribution in [3.8, 4) is 0 Å². The lowest BCUT2D eigenvalue weighted by atomic mass is 9.84. The Bertz CT molecular complexity index is 1710. The SMILES string of the molecule is C=CC(=O)N1CC[C@]2(CCN([C@H](C)c3cc4c(c(C(F)(F)F)c3)CN(c3cccc([C@H](c5nncn5C)C5CCCC5)c3)C4=O)C2)C1. The third kappa shape index (κ3) is 5.66. The number of rotatable bonds is 7. The predicted octanol–water partition coefficient (Wildman–Crippen LogP) is 6.49. The summed E-state index contributed by atoms with van der Waals surface area (Å²) in [6.07, 6.45) is 4.56. The van der Waals surface area contributed by atoms with Gasteiger partial charge in [0.1, 0.15) is 12.2 Å². The van der Waals surface area contributed by atoms with Crippen LogP contribution in [0, 0.1) is 11.3 Å². The highest BCUT2D eigenvalue weighted by molar-refractivity contribution is 6.10. The van der Waals surface area contributed by atoms with E-state index in [9.17, 15) is 22.8 Å². The average molecular weight is 647 g/mol. The van der Waals surface area contributed by atoms with Crippen LogP contribution in [-0.4, -0.2) is 62.6 Å². The molecule has 1 aliphatic carbocycles. The molecule has 0 bridgehead atoms. The standard InChI is InChI=1S/C36H41F3N6O2/c1-4-31(46)44-15-13-35(21-44)12-14-43(20-35)23(2)26-17-28-29(30(18-26)36(37,38)39)19-45(34(28)47)27-11-7-10-25(16-27)32(24-8-5-6-9-24)33-41-40-22-42(33)3/h4,7,10-11,16-18,22-24,32H,1,5-6,8-9,12-15,19-21H2,2-3H3/t23-,32-,35+/m1/s1. The second-order valence-electron chi connectivity index (χ2n) is 14.0. The predicted molar refractivity (Wildman–Crippen MR) is 172 cm³/mol. The van der Waals surface area contributed by atoms with Crippen molar-refractivity contribution in [2.75, 3.05) is 31.1 Å². The quantitative estimate of drug-likeness (QED) is 0.275. The normalized spacial score (nSPS) is 23.2. The van der Waals surface area contributed by atoms with Crippen LogP contribution in [-0.2, 0) is 24.6 Å². The van der Waals surface area contributed by atoms with E-state index in [1.165, 1.54) is 17.0 Å². The molecule has 3 aliphatic heterocycles. The molecule has 3 aromatic rings. The molecule has 2 saturated heterocycles. The summed E-state index contributed by atoms with van der Waals surface area (Å²) < 4.78 is 45.9. The molecule has 2 aromatic carbocycles. The minimum Gasteiger partial charge on any atom is -0.339 e. The van der Waals surface area contributed by atoms with Crippen LogP contribution in [0.3, 0.4) is 0 Å². The molecular formula is C36H41F3N6O2. The largest absolute Gasteiger partial charge is 0.416 e. The van der Waals surface area contributed by atoms with E-state index < -0.39 is 17.6 Å². The van der Waals surface area contributed by atoms with E-state index in [1.807, 2.05) is 41.6 Å². The van der Waals surface area contributed by atoms with Gasteiger partial charge in [0.25, 0.3) is 5.91 Å². The molecule has 248 valence electrons. The smallest absolute Gasteiger partial charge is 0.339 e. The zero-order valence-corrected chi connectivity index (χ0v) is 27.0. The van der Waals surface area contributed by atoms with E-state index in [1.54, 1.807) is 18.5 Å². The number of likely N-dealkylation sites (tertiary alicyclic amines) is 2. The van der Waals surface area contributed by atoms with Gasteiger partial charge in [0.15, 0.2) is 0 Å². The Kier molecular flexibility index (Phi) is 8.01. The summed E-state index contributed by atoms with van der Waals surface area (Å²) in [6, 6.07) is 10.3.